The molecule has 1 nitrogen and oxygen atoms in total. The van der Waals surface area contributed by atoms with Crippen LogP contribution in [-0.4, -0.2) is 12.8 Å². The molecule has 1 aromatic heterocycles. The summed E-state index contributed by atoms with van der Waals surface area (Å²) in [6.45, 7) is 0. The molecule has 0 saturated heterocycles. The number of benzene rings is 1. The molecule has 0 amide bonds. The Morgan fingerprint density at radius 3 is 2.56 bits per heavy atom. The predicted octanol–water partition coefficient (Wildman–Crippen LogP) is 4.59. The lowest BCUT2D eigenvalue weighted by molar-refractivity contribution is 0.626. The van der Waals surface area contributed by atoms with Crippen LogP contribution in [0.1, 0.15) is 10.9 Å². The van der Waals surface area contributed by atoms with Crippen LogP contribution in [-0.2, 0) is 0 Å². The van der Waals surface area contributed by atoms with Crippen LogP contribution in [0.15, 0.2) is 41.3 Å². The minimum atomic E-state index is -0.199. The van der Waals surface area contributed by atoms with Gasteiger partial charge in [-0.2, -0.15) is 0 Å². The summed E-state index contributed by atoms with van der Waals surface area (Å²) < 4.78 is 13.6. The number of hydrogen-bond donors (Lipinski definition) is 1. The summed E-state index contributed by atoms with van der Waals surface area (Å²) in [5.74, 6) is 0.688. The van der Waals surface area contributed by atoms with Crippen molar-refractivity contribution in [2.24, 2.45) is 0 Å². The van der Waals surface area contributed by atoms with Crippen molar-refractivity contribution in [1.82, 2.24) is 5.32 Å². The van der Waals surface area contributed by atoms with E-state index in [1.807, 2.05) is 19.2 Å². The number of thioether (sulfide) groups is 1. The van der Waals surface area contributed by atoms with Crippen molar-refractivity contribution < 1.29 is 4.39 Å². The Morgan fingerprint density at radius 1 is 1.28 bits per heavy atom. The Morgan fingerprint density at radius 2 is 2.00 bits per heavy atom. The van der Waals surface area contributed by atoms with E-state index >= 15 is 0 Å². The van der Waals surface area contributed by atoms with Gasteiger partial charge in [-0.3, -0.25) is 0 Å². The first-order valence-electron chi connectivity index (χ1n) is 5.50. The second kappa shape index (κ2) is 6.57. The Hall–Kier alpha value is -0.550. The summed E-state index contributed by atoms with van der Waals surface area (Å²) in [5, 5.41) is 3.27. The maximum absolute atomic E-state index is 12.8. The summed E-state index contributed by atoms with van der Waals surface area (Å²) in [4.78, 5) is 2.29. The fourth-order valence-electron chi connectivity index (χ4n) is 1.53. The van der Waals surface area contributed by atoms with Crippen molar-refractivity contribution in [2.45, 2.75) is 10.9 Å². The second-order valence-electron chi connectivity index (χ2n) is 3.75. The topological polar surface area (TPSA) is 12.0 Å². The first-order chi connectivity index (χ1) is 8.69. The van der Waals surface area contributed by atoms with Crippen LogP contribution in [0.2, 0.25) is 4.34 Å². The number of halogens is 2. The highest BCUT2D eigenvalue weighted by Gasteiger charge is 2.12. The SMILES string of the molecule is CNC(CSc1ccc(F)cc1)c1ccc(Cl)s1. The van der Waals surface area contributed by atoms with Crippen molar-refractivity contribution >= 4 is 34.7 Å². The number of hydrogen-bond acceptors (Lipinski definition) is 3. The standard InChI is InChI=1S/C13H13ClFNS2/c1-16-11(12-6-7-13(14)18-12)8-17-10-4-2-9(15)3-5-10/h2-7,11,16H,8H2,1H3. The quantitative estimate of drug-likeness (QED) is 0.810. The molecule has 0 aliphatic carbocycles. The Balaban J connectivity index is 1.97. The second-order valence-corrected chi connectivity index (χ2v) is 6.59. The van der Waals surface area contributed by atoms with Gasteiger partial charge in [0.2, 0.25) is 0 Å². The molecule has 1 N–H and O–H groups in total. The molecule has 0 bridgehead atoms. The van der Waals surface area contributed by atoms with Gasteiger partial charge in [-0.25, -0.2) is 4.39 Å². The minimum Gasteiger partial charge on any atom is -0.312 e. The number of rotatable bonds is 5. The Kier molecular flexibility index (Phi) is 5.06. The number of nitrogens with one attached hydrogen (secondary N) is 1. The molecule has 1 atom stereocenters. The molecule has 2 rings (SSSR count). The highest BCUT2D eigenvalue weighted by molar-refractivity contribution is 7.99. The van der Waals surface area contributed by atoms with E-state index < -0.39 is 0 Å². The molecule has 0 aliphatic rings. The van der Waals surface area contributed by atoms with Crippen LogP contribution < -0.4 is 5.32 Å². The van der Waals surface area contributed by atoms with E-state index in [1.165, 1.54) is 17.0 Å². The van der Waals surface area contributed by atoms with E-state index in [-0.39, 0.29) is 11.9 Å². The molecule has 1 aromatic carbocycles. The summed E-state index contributed by atoms with van der Waals surface area (Å²) >= 11 is 9.23. The molecule has 0 radical (unpaired) electrons. The summed E-state index contributed by atoms with van der Waals surface area (Å²) in [5.41, 5.74) is 0. The van der Waals surface area contributed by atoms with Gasteiger partial charge >= 0.3 is 0 Å². The molecule has 0 fully saturated rings. The average Bonchev–Trinajstić information content (AvgIpc) is 2.79. The Bertz CT molecular complexity index is 498. The lowest BCUT2D eigenvalue weighted by Gasteiger charge is -2.13. The molecule has 2 aromatic rings. The third kappa shape index (κ3) is 3.72. The van der Waals surface area contributed by atoms with E-state index in [0.717, 1.165) is 15.0 Å². The van der Waals surface area contributed by atoms with Crippen LogP contribution >= 0.6 is 34.7 Å². The van der Waals surface area contributed by atoms with Gasteiger partial charge in [-0.1, -0.05) is 11.6 Å². The highest BCUT2D eigenvalue weighted by Crippen LogP contribution is 2.30. The summed E-state index contributed by atoms with van der Waals surface area (Å²) in [6, 6.07) is 10.8. The Labute approximate surface area is 119 Å². The van der Waals surface area contributed by atoms with E-state index in [2.05, 4.69) is 5.32 Å². The largest absolute Gasteiger partial charge is 0.312 e. The van der Waals surface area contributed by atoms with Gasteiger partial charge in [-0.15, -0.1) is 23.1 Å². The molecule has 1 heterocycles. The van der Waals surface area contributed by atoms with Crippen molar-refractivity contribution in [1.29, 1.82) is 0 Å². The zero-order valence-corrected chi connectivity index (χ0v) is 12.2. The van der Waals surface area contributed by atoms with Gasteiger partial charge in [0, 0.05) is 15.5 Å². The molecular formula is C13H13ClFNS2. The van der Waals surface area contributed by atoms with Crippen molar-refractivity contribution in [2.75, 3.05) is 12.8 Å². The average molecular weight is 302 g/mol. The monoisotopic (exact) mass is 301 g/mol. The highest BCUT2D eigenvalue weighted by atomic mass is 35.5. The van der Waals surface area contributed by atoms with E-state index in [9.17, 15) is 4.39 Å². The minimum absolute atomic E-state index is 0.199. The summed E-state index contributed by atoms with van der Waals surface area (Å²) in [6.07, 6.45) is 0. The van der Waals surface area contributed by atoms with Crippen LogP contribution in [0.25, 0.3) is 0 Å². The lowest BCUT2D eigenvalue weighted by atomic mass is 10.3. The van der Waals surface area contributed by atoms with Crippen LogP contribution in [0, 0.1) is 5.82 Å². The normalized spacial score (nSPS) is 12.6. The van der Waals surface area contributed by atoms with Gasteiger partial charge in [0.15, 0.2) is 0 Å². The van der Waals surface area contributed by atoms with E-state index in [0.29, 0.717) is 0 Å². The van der Waals surface area contributed by atoms with E-state index in [1.54, 1.807) is 35.2 Å². The zero-order chi connectivity index (χ0) is 13.0. The van der Waals surface area contributed by atoms with Crippen LogP contribution in [0.4, 0.5) is 4.39 Å². The molecule has 18 heavy (non-hydrogen) atoms. The van der Waals surface area contributed by atoms with Crippen molar-refractivity contribution in [3.05, 3.63) is 51.4 Å². The lowest BCUT2D eigenvalue weighted by Crippen LogP contribution is -2.17. The van der Waals surface area contributed by atoms with Crippen LogP contribution in [0.3, 0.4) is 0 Å². The first kappa shape index (κ1) is 13.9. The predicted molar refractivity (Wildman–Crippen MR) is 78.3 cm³/mol. The third-order valence-electron chi connectivity index (χ3n) is 2.52. The number of thiophene rings is 1. The van der Waals surface area contributed by atoms with Gasteiger partial charge in [0.05, 0.1) is 10.4 Å². The molecule has 0 aliphatic heterocycles. The smallest absolute Gasteiger partial charge is 0.123 e. The van der Waals surface area contributed by atoms with Gasteiger partial charge in [-0.05, 0) is 43.4 Å². The van der Waals surface area contributed by atoms with Gasteiger partial charge in [0.1, 0.15) is 5.82 Å². The first-order valence-corrected chi connectivity index (χ1v) is 7.68. The van der Waals surface area contributed by atoms with Crippen molar-refractivity contribution in [3.8, 4) is 0 Å². The zero-order valence-electron chi connectivity index (χ0n) is 9.82. The van der Waals surface area contributed by atoms with Crippen LogP contribution in [0.5, 0.6) is 0 Å². The third-order valence-corrected chi connectivity index (χ3v) is 4.97. The fraction of sp³-hybridized carbons (Fsp3) is 0.231. The van der Waals surface area contributed by atoms with E-state index in [4.69, 9.17) is 11.6 Å². The molecule has 0 spiro atoms. The molecular weight excluding hydrogens is 289 g/mol. The van der Waals surface area contributed by atoms with Crippen molar-refractivity contribution in [3.63, 3.8) is 0 Å². The molecule has 5 heteroatoms. The molecule has 0 saturated carbocycles. The van der Waals surface area contributed by atoms with Gasteiger partial charge in [0.25, 0.3) is 0 Å². The molecule has 1 unspecified atom stereocenters. The van der Waals surface area contributed by atoms with Gasteiger partial charge < -0.3 is 5.32 Å². The summed E-state index contributed by atoms with van der Waals surface area (Å²) in [7, 11) is 1.93. The fourth-order valence-corrected chi connectivity index (χ4v) is 3.84. The maximum atomic E-state index is 12.8. The maximum Gasteiger partial charge on any atom is 0.123 e. The molecule has 96 valence electrons.